The molecule has 2 aromatic carbocycles. The number of benzene rings is 2. The lowest BCUT2D eigenvalue weighted by atomic mass is 9.90. The molecule has 1 fully saturated rings. The van der Waals surface area contributed by atoms with Gasteiger partial charge in [-0.3, -0.25) is 9.36 Å². The zero-order valence-corrected chi connectivity index (χ0v) is 27.2. The predicted octanol–water partition coefficient (Wildman–Crippen LogP) is 4.90. The highest BCUT2D eigenvalue weighted by atomic mass is 35.5. The van der Waals surface area contributed by atoms with Gasteiger partial charge in [0.05, 0.1) is 38.7 Å². The largest absolute Gasteiger partial charge is 0.444 e. The van der Waals surface area contributed by atoms with Crippen LogP contribution in [0.3, 0.4) is 0 Å². The lowest BCUT2D eigenvalue weighted by Gasteiger charge is -2.28. The van der Waals surface area contributed by atoms with E-state index in [1.807, 2.05) is 0 Å². The van der Waals surface area contributed by atoms with Crippen LogP contribution in [0.2, 0.25) is 10.0 Å². The average Bonchev–Trinajstić information content (AvgIpc) is 3.45. The number of nitrogens with one attached hydrogen (secondary N) is 3. The van der Waals surface area contributed by atoms with Crippen LogP contribution in [0.25, 0.3) is 10.9 Å². The topological polar surface area (TPSA) is 139 Å². The fraction of sp³-hybridized carbons (Fsp3) is 0.483. The third-order valence-electron chi connectivity index (χ3n) is 7.49. The molecule has 1 aliphatic heterocycles. The van der Waals surface area contributed by atoms with Crippen molar-refractivity contribution in [3.05, 3.63) is 71.8 Å². The van der Waals surface area contributed by atoms with Crippen LogP contribution in [-0.2, 0) is 33.7 Å². The van der Waals surface area contributed by atoms with Gasteiger partial charge < -0.3 is 20.4 Å². The highest BCUT2D eigenvalue weighted by Crippen LogP contribution is 2.39. The van der Waals surface area contributed by atoms with Crippen LogP contribution in [0.1, 0.15) is 50.8 Å². The first-order valence-corrected chi connectivity index (χ1v) is 16.5. The Bertz CT molecular complexity index is 1850. The van der Waals surface area contributed by atoms with Crippen LogP contribution < -0.4 is 21.9 Å². The molecule has 1 aromatic heterocycles. The second kappa shape index (κ2) is 13.0. The summed E-state index contributed by atoms with van der Waals surface area (Å²) < 4.78 is 74.9. The Morgan fingerprint density at radius 2 is 1.87 bits per heavy atom. The molecule has 45 heavy (non-hydrogen) atoms. The summed E-state index contributed by atoms with van der Waals surface area (Å²) in [5, 5.41) is 4.90. The van der Waals surface area contributed by atoms with Gasteiger partial charge in [-0.25, -0.2) is 18.0 Å². The highest BCUT2D eigenvalue weighted by Gasteiger charge is 2.38. The number of aromatic amines is 1. The van der Waals surface area contributed by atoms with Crippen molar-refractivity contribution in [2.75, 3.05) is 18.8 Å². The van der Waals surface area contributed by atoms with Crippen molar-refractivity contribution in [2.45, 2.75) is 69.8 Å². The number of rotatable bonds is 8. The third kappa shape index (κ3) is 7.84. The van der Waals surface area contributed by atoms with E-state index in [9.17, 15) is 36.0 Å². The Hall–Kier alpha value is -3.07. The maximum absolute atomic E-state index is 14.5. The molecule has 0 spiro atoms. The number of alkyl halides is 3. The zero-order chi connectivity index (χ0) is 33.5. The van der Waals surface area contributed by atoms with E-state index in [1.165, 1.54) is 25.1 Å². The van der Waals surface area contributed by atoms with Crippen molar-refractivity contribution in [1.82, 2.24) is 20.2 Å². The molecule has 2 heterocycles. The van der Waals surface area contributed by atoms with Gasteiger partial charge in [0.2, 0.25) is 0 Å². The quantitative estimate of drug-likeness (QED) is 0.305. The second-order valence-electron chi connectivity index (χ2n) is 11.8. The van der Waals surface area contributed by atoms with E-state index in [1.54, 1.807) is 20.8 Å². The molecule has 0 aliphatic carbocycles. The third-order valence-corrected chi connectivity index (χ3v) is 9.97. The van der Waals surface area contributed by atoms with Crippen LogP contribution in [0, 0.1) is 5.92 Å². The Labute approximate surface area is 267 Å². The molecule has 246 valence electrons. The van der Waals surface area contributed by atoms with Crippen molar-refractivity contribution >= 4 is 50.0 Å². The fourth-order valence-electron chi connectivity index (χ4n) is 5.33. The van der Waals surface area contributed by atoms with Gasteiger partial charge in [0.15, 0.2) is 9.84 Å². The smallest absolute Gasteiger partial charge is 0.416 e. The molecular formula is C29H33Cl2F3N4O6S. The Morgan fingerprint density at radius 1 is 1.18 bits per heavy atom. The van der Waals surface area contributed by atoms with Crippen LogP contribution in [0.5, 0.6) is 0 Å². The van der Waals surface area contributed by atoms with Gasteiger partial charge in [0, 0.05) is 11.1 Å². The number of amides is 1. The number of hydrogen-bond acceptors (Lipinski definition) is 7. The van der Waals surface area contributed by atoms with E-state index in [0.717, 1.165) is 0 Å². The van der Waals surface area contributed by atoms with Gasteiger partial charge in [0.1, 0.15) is 5.60 Å². The number of halogens is 5. The predicted molar refractivity (Wildman–Crippen MR) is 165 cm³/mol. The Morgan fingerprint density at radius 3 is 2.44 bits per heavy atom. The second-order valence-corrected chi connectivity index (χ2v) is 14.9. The highest BCUT2D eigenvalue weighted by molar-refractivity contribution is 7.91. The van der Waals surface area contributed by atoms with Crippen LogP contribution in [0.15, 0.2) is 38.8 Å². The number of hydrogen-bond donors (Lipinski definition) is 3. The fourth-order valence-corrected chi connectivity index (χ4v) is 6.96. The van der Waals surface area contributed by atoms with E-state index in [2.05, 4.69) is 15.6 Å². The van der Waals surface area contributed by atoms with Gasteiger partial charge in [-0.15, -0.1) is 0 Å². The van der Waals surface area contributed by atoms with Gasteiger partial charge in [-0.1, -0.05) is 30.1 Å². The Balaban J connectivity index is 1.86. The minimum atomic E-state index is -4.97. The number of ether oxygens (including phenoxy) is 1. The molecule has 0 bridgehead atoms. The molecule has 3 aromatic rings. The monoisotopic (exact) mass is 692 g/mol. The lowest BCUT2D eigenvalue weighted by molar-refractivity contribution is -0.138. The van der Waals surface area contributed by atoms with Gasteiger partial charge in [0.25, 0.3) is 5.56 Å². The molecule has 0 saturated carbocycles. The van der Waals surface area contributed by atoms with E-state index >= 15 is 0 Å². The molecule has 2 atom stereocenters. The standard InChI is InChI=1S/C29H33Cl2F3N4O6S/c1-5-45(42,43)22-7-6-17(30)10-16(22)14-38-25(39)19-11-20(29(32,33)34)18(23(31)24(19)37-26(38)40)12-21(15-8-9-35-13-15)36-27(41)44-28(2,3)4/h6-7,10-11,15,21,35H,5,8-9,12-14H2,1-4H3,(H,36,41)(H,37,40)/t15?,21-/m1/s1. The minimum Gasteiger partial charge on any atom is -0.444 e. The first-order valence-electron chi connectivity index (χ1n) is 14.1. The van der Waals surface area contributed by atoms with Gasteiger partial charge in [-0.2, -0.15) is 13.2 Å². The normalized spacial score (nSPS) is 16.6. The summed E-state index contributed by atoms with van der Waals surface area (Å²) in [6, 6.07) is 3.63. The summed E-state index contributed by atoms with van der Waals surface area (Å²) >= 11 is 12.6. The molecule has 0 radical (unpaired) electrons. The van der Waals surface area contributed by atoms with Crippen molar-refractivity contribution < 1.29 is 31.1 Å². The summed E-state index contributed by atoms with van der Waals surface area (Å²) in [7, 11) is -3.81. The van der Waals surface area contributed by atoms with Crippen LogP contribution >= 0.6 is 23.2 Å². The number of fused-ring (bicyclic) bond motifs is 1. The van der Waals surface area contributed by atoms with Crippen LogP contribution in [-0.4, -0.2) is 54.5 Å². The molecule has 16 heteroatoms. The summed E-state index contributed by atoms with van der Waals surface area (Å²) in [6.07, 6.45) is -5.60. The first kappa shape index (κ1) is 34.8. The lowest BCUT2D eigenvalue weighted by Crippen LogP contribution is -2.45. The van der Waals surface area contributed by atoms with E-state index in [0.29, 0.717) is 30.1 Å². The molecule has 1 amide bonds. The molecule has 1 unspecified atom stereocenters. The van der Waals surface area contributed by atoms with Crippen molar-refractivity contribution in [3.63, 3.8) is 0 Å². The number of carbonyl (C=O) groups excluding carboxylic acids is 1. The van der Waals surface area contributed by atoms with Gasteiger partial charge in [-0.05, 0) is 88.0 Å². The van der Waals surface area contributed by atoms with E-state index < -0.39 is 73.1 Å². The van der Waals surface area contributed by atoms with Crippen LogP contribution in [0.4, 0.5) is 18.0 Å². The summed E-state index contributed by atoms with van der Waals surface area (Å²) in [5.74, 6) is -0.540. The number of sulfone groups is 1. The summed E-state index contributed by atoms with van der Waals surface area (Å²) in [5.41, 5.74) is -4.93. The summed E-state index contributed by atoms with van der Waals surface area (Å²) in [4.78, 5) is 41.7. The van der Waals surface area contributed by atoms with Crippen molar-refractivity contribution in [1.29, 1.82) is 0 Å². The maximum atomic E-state index is 14.5. The van der Waals surface area contributed by atoms with E-state index in [-0.39, 0.29) is 39.1 Å². The van der Waals surface area contributed by atoms with Gasteiger partial charge >= 0.3 is 18.0 Å². The summed E-state index contributed by atoms with van der Waals surface area (Å²) in [6.45, 7) is 6.80. The number of aromatic nitrogens is 2. The number of alkyl carbamates (subject to hydrolysis) is 1. The number of nitrogens with zero attached hydrogens (tertiary/aromatic N) is 1. The minimum absolute atomic E-state index is 0.0105. The molecule has 1 saturated heterocycles. The maximum Gasteiger partial charge on any atom is 0.416 e. The molecule has 3 N–H and O–H groups in total. The number of H-pyrrole nitrogens is 1. The SMILES string of the molecule is CCS(=O)(=O)c1ccc(Cl)cc1Cn1c(=O)[nH]c2c(Cl)c(C[C@@H](NC(=O)OC(C)(C)C)C3CCNC3)c(C(F)(F)F)cc2c1=O. The Kier molecular flexibility index (Phi) is 10.0. The van der Waals surface area contributed by atoms with Crippen molar-refractivity contribution in [2.24, 2.45) is 5.92 Å². The molecule has 10 nitrogen and oxygen atoms in total. The molecular weight excluding hydrogens is 660 g/mol. The molecule has 4 rings (SSSR count). The van der Waals surface area contributed by atoms with Crippen molar-refractivity contribution in [3.8, 4) is 0 Å². The van der Waals surface area contributed by atoms with E-state index in [4.69, 9.17) is 27.9 Å². The molecule has 1 aliphatic rings. The average molecular weight is 694 g/mol. The first-order chi connectivity index (χ1) is 20.8. The number of carbonyl (C=O) groups is 1. The zero-order valence-electron chi connectivity index (χ0n) is 24.9.